The van der Waals surface area contributed by atoms with Crippen LogP contribution in [0, 0.1) is 12.7 Å². The Morgan fingerprint density at radius 3 is 2.50 bits per heavy atom. The van der Waals surface area contributed by atoms with Crippen LogP contribution in [0.1, 0.15) is 17.2 Å². The molecule has 0 aliphatic carbocycles. The first-order valence-electron chi connectivity index (χ1n) is 8.35. The molecule has 6 nitrogen and oxygen atoms in total. The lowest BCUT2D eigenvalue weighted by Crippen LogP contribution is -2.39. The normalized spacial score (nSPS) is 13.3. The van der Waals surface area contributed by atoms with Crippen LogP contribution in [-0.2, 0) is 9.84 Å². The highest BCUT2D eigenvalue weighted by atomic mass is 35.6. The van der Waals surface area contributed by atoms with Gasteiger partial charge in [-0.3, -0.25) is 5.32 Å². The van der Waals surface area contributed by atoms with Gasteiger partial charge in [-0.05, 0) is 42.3 Å². The zero-order chi connectivity index (χ0) is 22.3. The van der Waals surface area contributed by atoms with E-state index in [2.05, 4.69) is 15.6 Å². The van der Waals surface area contributed by atoms with Crippen molar-refractivity contribution in [2.24, 2.45) is 0 Å². The van der Waals surface area contributed by atoms with Crippen molar-refractivity contribution >= 4 is 77.4 Å². The second-order valence-corrected chi connectivity index (χ2v) is 11.9. The molecule has 2 amide bonds. The van der Waals surface area contributed by atoms with E-state index in [1.54, 1.807) is 19.1 Å². The largest absolute Gasteiger partial charge is 0.327 e. The highest BCUT2D eigenvalue weighted by Gasteiger charge is 2.35. The van der Waals surface area contributed by atoms with Crippen LogP contribution in [-0.4, -0.2) is 29.5 Å². The topological polar surface area (TPSA) is 88.2 Å². The predicted molar refractivity (Wildman–Crippen MR) is 119 cm³/mol. The Morgan fingerprint density at radius 2 is 1.90 bits per heavy atom. The number of aryl methyl sites for hydroxylation is 1. The van der Waals surface area contributed by atoms with Crippen LogP contribution in [0.2, 0.25) is 0 Å². The molecule has 3 aromatic rings. The van der Waals surface area contributed by atoms with Gasteiger partial charge in [0.1, 0.15) is 11.9 Å². The molecule has 160 valence electrons. The number of alkyl halides is 3. The highest BCUT2D eigenvalue weighted by molar-refractivity contribution is 7.90. The minimum Gasteiger partial charge on any atom is -0.327 e. The minimum atomic E-state index is -3.37. The van der Waals surface area contributed by atoms with Gasteiger partial charge in [0.05, 0.1) is 15.1 Å². The van der Waals surface area contributed by atoms with Gasteiger partial charge in [-0.25, -0.2) is 22.6 Å². The number of carbonyl (C=O) groups excluding carboxylic acids is 1. The van der Waals surface area contributed by atoms with E-state index in [4.69, 9.17) is 34.8 Å². The van der Waals surface area contributed by atoms with Crippen LogP contribution in [0.4, 0.5) is 14.3 Å². The monoisotopic (exact) mass is 509 g/mol. The number of urea groups is 1. The number of fused-ring (bicyclic) bond motifs is 1. The zero-order valence-electron chi connectivity index (χ0n) is 15.5. The average molecular weight is 511 g/mol. The van der Waals surface area contributed by atoms with Gasteiger partial charge in [0, 0.05) is 6.26 Å². The molecule has 30 heavy (non-hydrogen) atoms. The van der Waals surface area contributed by atoms with Crippen LogP contribution < -0.4 is 10.6 Å². The Labute approximate surface area is 191 Å². The van der Waals surface area contributed by atoms with Crippen molar-refractivity contribution < 1.29 is 17.6 Å². The van der Waals surface area contributed by atoms with E-state index < -0.39 is 31.5 Å². The molecule has 1 heterocycles. The van der Waals surface area contributed by atoms with Crippen LogP contribution in [0.15, 0.2) is 41.3 Å². The van der Waals surface area contributed by atoms with Gasteiger partial charge in [0.25, 0.3) is 0 Å². The van der Waals surface area contributed by atoms with E-state index in [9.17, 15) is 17.6 Å². The van der Waals surface area contributed by atoms with Crippen molar-refractivity contribution in [3.63, 3.8) is 0 Å². The number of carbonyl (C=O) groups is 1. The molecule has 0 radical (unpaired) electrons. The molecule has 2 N–H and O–H groups in total. The molecule has 1 atom stereocenters. The Kier molecular flexibility index (Phi) is 6.50. The van der Waals surface area contributed by atoms with Gasteiger partial charge in [-0.15, -0.1) is 0 Å². The maximum absolute atomic E-state index is 13.9. The second kappa shape index (κ2) is 8.47. The molecule has 0 aliphatic rings. The quantitative estimate of drug-likeness (QED) is 0.461. The lowest BCUT2D eigenvalue weighted by molar-refractivity contribution is 0.248. The van der Waals surface area contributed by atoms with E-state index in [-0.39, 0.29) is 15.6 Å². The first kappa shape index (κ1) is 23.0. The number of aromatic nitrogens is 1. The average Bonchev–Trinajstić information content (AvgIpc) is 3.01. The molecule has 0 fully saturated rings. The SMILES string of the molecule is Cc1ccc([C@@H](NC(=O)Nc2nc3ccc(S(C)(=O)=O)cc3s2)C(Cl)(Cl)Cl)cc1F. The molecule has 3 rings (SSSR count). The fraction of sp³-hybridized carbons (Fsp3) is 0.222. The third-order valence-electron chi connectivity index (χ3n) is 4.14. The molecular weight excluding hydrogens is 496 g/mol. The van der Waals surface area contributed by atoms with Crippen molar-refractivity contribution in [1.29, 1.82) is 0 Å². The lowest BCUT2D eigenvalue weighted by atomic mass is 10.1. The summed E-state index contributed by atoms with van der Waals surface area (Å²) in [5.74, 6) is -0.498. The third kappa shape index (κ3) is 5.33. The highest BCUT2D eigenvalue weighted by Crippen LogP contribution is 2.40. The number of nitrogens with zero attached hydrogens (tertiary/aromatic N) is 1. The number of hydrogen-bond acceptors (Lipinski definition) is 5. The summed E-state index contributed by atoms with van der Waals surface area (Å²) in [5.41, 5.74) is 1.20. The molecule has 1 aromatic heterocycles. The smallest absolute Gasteiger partial charge is 0.321 e. The van der Waals surface area contributed by atoms with Gasteiger partial charge in [-0.2, -0.15) is 0 Å². The molecular formula is C18H15Cl3FN3O3S2. The van der Waals surface area contributed by atoms with Gasteiger partial charge in [0.2, 0.25) is 3.79 Å². The number of anilines is 1. The summed E-state index contributed by atoms with van der Waals surface area (Å²) in [6.45, 7) is 1.59. The lowest BCUT2D eigenvalue weighted by Gasteiger charge is -2.26. The van der Waals surface area contributed by atoms with E-state index >= 15 is 0 Å². The summed E-state index contributed by atoms with van der Waals surface area (Å²) >= 11 is 19.1. The number of halogens is 4. The molecule has 0 saturated heterocycles. The van der Waals surface area contributed by atoms with Crippen LogP contribution in [0.5, 0.6) is 0 Å². The number of benzene rings is 2. The summed E-state index contributed by atoms with van der Waals surface area (Å²) in [5, 5.41) is 5.25. The number of thiazole rings is 1. The molecule has 0 spiro atoms. The molecule has 0 saturated carbocycles. The molecule has 12 heteroatoms. The molecule has 0 bridgehead atoms. The van der Waals surface area contributed by atoms with Crippen molar-refractivity contribution in [2.75, 3.05) is 11.6 Å². The van der Waals surface area contributed by atoms with Gasteiger partial charge in [-0.1, -0.05) is 58.3 Å². The van der Waals surface area contributed by atoms with Gasteiger partial charge < -0.3 is 5.32 Å². The molecule has 0 unspecified atom stereocenters. The van der Waals surface area contributed by atoms with Gasteiger partial charge in [0.15, 0.2) is 15.0 Å². The van der Waals surface area contributed by atoms with Crippen LogP contribution in [0.25, 0.3) is 10.2 Å². The summed E-state index contributed by atoms with van der Waals surface area (Å²) < 4.78 is 36.0. The standard InChI is InChI=1S/C18H15Cl3FN3O3S2/c1-9-3-4-10(7-12(9)22)15(18(19,20)21)24-16(26)25-17-23-13-6-5-11(30(2,27)28)8-14(13)29-17/h3-8,15H,1-2H3,(H2,23,24,25,26)/t15-/m1/s1. The Hall–Kier alpha value is -1.65. The van der Waals surface area contributed by atoms with E-state index in [0.717, 1.165) is 17.6 Å². The fourth-order valence-electron chi connectivity index (χ4n) is 2.60. The predicted octanol–water partition coefficient (Wildman–Crippen LogP) is 5.38. The number of amides is 2. The first-order chi connectivity index (χ1) is 13.8. The Morgan fingerprint density at radius 1 is 1.20 bits per heavy atom. The van der Waals surface area contributed by atoms with Crippen LogP contribution in [0.3, 0.4) is 0 Å². The van der Waals surface area contributed by atoms with Crippen molar-refractivity contribution in [1.82, 2.24) is 10.3 Å². The molecule has 0 aliphatic heterocycles. The van der Waals surface area contributed by atoms with Crippen LogP contribution >= 0.6 is 46.1 Å². The van der Waals surface area contributed by atoms with E-state index in [0.29, 0.717) is 15.8 Å². The Bertz CT molecular complexity index is 1230. The number of hydrogen-bond donors (Lipinski definition) is 2. The second-order valence-electron chi connectivity index (χ2n) is 6.50. The first-order valence-corrected chi connectivity index (χ1v) is 12.2. The minimum absolute atomic E-state index is 0.146. The molecule has 2 aromatic carbocycles. The zero-order valence-corrected chi connectivity index (χ0v) is 19.4. The maximum atomic E-state index is 13.9. The summed E-state index contributed by atoms with van der Waals surface area (Å²) in [4.78, 5) is 16.9. The Balaban J connectivity index is 1.82. The van der Waals surface area contributed by atoms with E-state index in [1.165, 1.54) is 24.3 Å². The number of sulfone groups is 1. The van der Waals surface area contributed by atoms with Crippen molar-refractivity contribution in [2.45, 2.75) is 21.7 Å². The fourth-order valence-corrected chi connectivity index (χ4v) is 4.76. The number of nitrogens with one attached hydrogen (secondary N) is 2. The van der Waals surface area contributed by atoms with Gasteiger partial charge >= 0.3 is 6.03 Å². The summed E-state index contributed by atoms with van der Waals surface area (Å²) in [6, 6.07) is 6.85. The number of rotatable bonds is 4. The third-order valence-corrected chi connectivity index (χ3v) is 6.84. The summed E-state index contributed by atoms with van der Waals surface area (Å²) in [7, 11) is -3.37. The van der Waals surface area contributed by atoms with Crippen molar-refractivity contribution in [3.05, 3.63) is 53.3 Å². The summed E-state index contributed by atoms with van der Waals surface area (Å²) in [6.07, 6.45) is 1.10. The van der Waals surface area contributed by atoms with Crippen molar-refractivity contribution in [3.8, 4) is 0 Å². The van der Waals surface area contributed by atoms with E-state index in [1.807, 2.05) is 0 Å². The maximum Gasteiger partial charge on any atom is 0.321 e.